The summed E-state index contributed by atoms with van der Waals surface area (Å²) in [5, 5.41) is 4.15. The molecule has 0 radical (unpaired) electrons. The van der Waals surface area contributed by atoms with Gasteiger partial charge in [-0.25, -0.2) is 14.4 Å². The topological polar surface area (TPSA) is 63.8 Å². The van der Waals surface area contributed by atoms with Gasteiger partial charge in [0.05, 0.1) is 16.2 Å². The number of hydrogen-bond acceptors (Lipinski definition) is 4. The van der Waals surface area contributed by atoms with Crippen molar-refractivity contribution >= 4 is 39.7 Å². The molecule has 3 aromatic rings. The minimum absolute atomic E-state index is 0.380. The second-order valence-electron chi connectivity index (χ2n) is 4.25. The molecule has 0 unspecified atom stereocenters. The Bertz CT molecular complexity index is 791. The molecule has 4 nitrogen and oxygen atoms in total. The van der Waals surface area contributed by atoms with Gasteiger partial charge < -0.3 is 11.1 Å². The van der Waals surface area contributed by atoms with E-state index in [1.807, 2.05) is 0 Å². The SMILES string of the molecule is Nc1ccc2ncnc(Nc3cc(F)ccc3Cl)c2c1. The maximum atomic E-state index is 13.3. The van der Waals surface area contributed by atoms with E-state index in [-0.39, 0.29) is 5.82 Å². The monoisotopic (exact) mass is 288 g/mol. The van der Waals surface area contributed by atoms with Crippen molar-refractivity contribution in [2.45, 2.75) is 0 Å². The van der Waals surface area contributed by atoms with E-state index in [1.54, 1.807) is 18.2 Å². The van der Waals surface area contributed by atoms with Gasteiger partial charge in [-0.05, 0) is 36.4 Å². The fourth-order valence-corrected chi connectivity index (χ4v) is 2.06. The van der Waals surface area contributed by atoms with Crippen LogP contribution in [0.1, 0.15) is 0 Å². The van der Waals surface area contributed by atoms with E-state index >= 15 is 0 Å². The van der Waals surface area contributed by atoms with Gasteiger partial charge in [-0.1, -0.05) is 11.6 Å². The fraction of sp³-hybridized carbons (Fsp3) is 0. The molecule has 0 saturated carbocycles. The quantitative estimate of drug-likeness (QED) is 0.705. The largest absolute Gasteiger partial charge is 0.399 e. The predicted molar refractivity (Wildman–Crippen MR) is 78.6 cm³/mol. The highest BCUT2D eigenvalue weighted by molar-refractivity contribution is 6.33. The van der Waals surface area contributed by atoms with Crippen molar-refractivity contribution in [3.8, 4) is 0 Å². The van der Waals surface area contributed by atoms with Crippen molar-refractivity contribution < 1.29 is 4.39 Å². The highest BCUT2D eigenvalue weighted by atomic mass is 35.5. The van der Waals surface area contributed by atoms with E-state index < -0.39 is 0 Å². The van der Waals surface area contributed by atoms with Crippen LogP contribution in [0.2, 0.25) is 5.02 Å². The molecule has 3 N–H and O–H groups in total. The summed E-state index contributed by atoms with van der Waals surface area (Å²) in [7, 11) is 0. The minimum atomic E-state index is -0.380. The zero-order valence-electron chi connectivity index (χ0n) is 10.3. The molecule has 3 rings (SSSR count). The average Bonchev–Trinajstić information content (AvgIpc) is 2.43. The number of benzene rings is 2. The smallest absolute Gasteiger partial charge is 0.141 e. The number of rotatable bonds is 2. The Morgan fingerprint density at radius 2 is 1.95 bits per heavy atom. The van der Waals surface area contributed by atoms with Gasteiger partial charge in [0.15, 0.2) is 0 Å². The Morgan fingerprint density at radius 3 is 2.80 bits per heavy atom. The van der Waals surface area contributed by atoms with E-state index in [0.29, 0.717) is 22.2 Å². The number of halogens is 2. The Morgan fingerprint density at radius 1 is 1.10 bits per heavy atom. The molecule has 0 aliphatic heterocycles. The van der Waals surface area contributed by atoms with Gasteiger partial charge in [-0.15, -0.1) is 0 Å². The van der Waals surface area contributed by atoms with Crippen molar-refractivity contribution in [2.24, 2.45) is 0 Å². The van der Waals surface area contributed by atoms with Crippen LogP contribution in [0, 0.1) is 5.82 Å². The first kappa shape index (κ1) is 12.6. The molecule has 1 heterocycles. The molecule has 6 heteroatoms. The molecule has 2 aromatic carbocycles. The lowest BCUT2D eigenvalue weighted by molar-refractivity contribution is 0.628. The molecule has 0 atom stereocenters. The summed E-state index contributed by atoms with van der Waals surface area (Å²) in [6, 6.07) is 9.40. The van der Waals surface area contributed by atoms with Crippen molar-refractivity contribution in [1.82, 2.24) is 9.97 Å². The summed E-state index contributed by atoms with van der Waals surface area (Å²) in [5.74, 6) is 0.143. The lowest BCUT2D eigenvalue weighted by Gasteiger charge is -2.10. The summed E-state index contributed by atoms with van der Waals surface area (Å²) in [6.07, 6.45) is 1.42. The number of nitrogens with one attached hydrogen (secondary N) is 1. The normalized spacial score (nSPS) is 10.7. The van der Waals surface area contributed by atoms with Crippen LogP contribution in [-0.4, -0.2) is 9.97 Å². The Hall–Kier alpha value is -2.40. The van der Waals surface area contributed by atoms with Crippen LogP contribution in [0.15, 0.2) is 42.7 Å². The van der Waals surface area contributed by atoms with Crippen molar-refractivity contribution in [1.29, 1.82) is 0 Å². The third-order valence-corrected chi connectivity index (χ3v) is 3.17. The molecule has 0 spiro atoms. The van der Waals surface area contributed by atoms with E-state index in [4.69, 9.17) is 17.3 Å². The number of anilines is 3. The highest BCUT2D eigenvalue weighted by Gasteiger charge is 2.07. The van der Waals surface area contributed by atoms with E-state index in [9.17, 15) is 4.39 Å². The number of fused-ring (bicyclic) bond motifs is 1. The van der Waals surface area contributed by atoms with Crippen molar-refractivity contribution in [3.05, 3.63) is 53.6 Å². The number of nitrogens with zero attached hydrogens (tertiary/aromatic N) is 2. The zero-order chi connectivity index (χ0) is 14.1. The summed E-state index contributed by atoms with van der Waals surface area (Å²) < 4.78 is 13.3. The average molecular weight is 289 g/mol. The molecule has 0 aliphatic carbocycles. The maximum Gasteiger partial charge on any atom is 0.141 e. The van der Waals surface area contributed by atoms with E-state index in [0.717, 1.165) is 10.9 Å². The summed E-state index contributed by atoms with van der Waals surface area (Å²) in [5.41, 5.74) is 7.55. The lowest BCUT2D eigenvalue weighted by atomic mass is 10.2. The van der Waals surface area contributed by atoms with Crippen LogP contribution >= 0.6 is 11.6 Å². The molecule has 1 aromatic heterocycles. The molecule has 0 bridgehead atoms. The van der Waals surface area contributed by atoms with Crippen LogP contribution < -0.4 is 11.1 Å². The second kappa shape index (κ2) is 4.94. The molecular weight excluding hydrogens is 279 g/mol. The van der Waals surface area contributed by atoms with E-state index in [1.165, 1.54) is 24.5 Å². The summed E-state index contributed by atoms with van der Waals surface area (Å²) in [6.45, 7) is 0. The number of nitrogens with two attached hydrogens (primary N) is 1. The first-order chi connectivity index (χ1) is 9.63. The first-order valence-electron chi connectivity index (χ1n) is 5.86. The fourth-order valence-electron chi connectivity index (χ4n) is 1.89. The Kier molecular flexibility index (Phi) is 3.12. The summed E-state index contributed by atoms with van der Waals surface area (Å²) in [4.78, 5) is 8.31. The zero-order valence-corrected chi connectivity index (χ0v) is 11.0. The van der Waals surface area contributed by atoms with Gasteiger partial charge >= 0.3 is 0 Å². The van der Waals surface area contributed by atoms with E-state index in [2.05, 4.69) is 15.3 Å². The number of aromatic nitrogens is 2. The molecule has 0 fully saturated rings. The molecule has 100 valence electrons. The Balaban J connectivity index is 2.10. The van der Waals surface area contributed by atoms with Crippen LogP contribution in [0.3, 0.4) is 0 Å². The van der Waals surface area contributed by atoms with Gasteiger partial charge in [-0.3, -0.25) is 0 Å². The predicted octanol–water partition coefficient (Wildman–Crippen LogP) is 3.75. The lowest BCUT2D eigenvalue weighted by Crippen LogP contribution is -1.98. The molecule has 0 aliphatic rings. The molecule has 20 heavy (non-hydrogen) atoms. The van der Waals surface area contributed by atoms with Crippen molar-refractivity contribution in [3.63, 3.8) is 0 Å². The standard InChI is InChI=1S/C14H10ClFN4/c15-11-3-1-8(16)5-13(11)20-14-10-6-9(17)2-4-12(10)18-7-19-14/h1-7H,17H2,(H,18,19,20). The second-order valence-corrected chi connectivity index (χ2v) is 4.66. The third-order valence-electron chi connectivity index (χ3n) is 2.84. The Labute approximate surface area is 119 Å². The van der Waals surface area contributed by atoms with Gasteiger partial charge in [0.2, 0.25) is 0 Å². The summed E-state index contributed by atoms with van der Waals surface area (Å²) >= 11 is 6.03. The maximum absolute atomic E-state index is 13.3. The molecule has 0 saturated heterocycles. The van der Waals surface area contributed by atoms with Gasteiger partial charge in [0.1, 0.15) is 18.0 Å². The number of nitrogen functional groups attached to an aromatic ring is 1. The van der Waals surface area contributed by atoms with Gasteiger partial charge in [0, 0.05) is 11.1 Å². The van der Waals surface area contributed by atoms with Crippen LogP contribution in [-0.2, 0) is 0 Å². The van der Waals surface area contributed by atoms with Crippen LogP contribution in [0.5, 0.6) is 0 Å². The van der Waals surface area contributed by atoms with Crippen molar-refractivity contribution in [2.75, 3.05) is 11.1 Å². The van der Waals surface area contributed by atoms with Crippen LogP contribution in [0.25, 0.3) is 10.9 Å². The molecule has 0 amide bonds. The highest BCUT2D eigenvalue weighted by Crippen LogP contribution is 2.29. The first-order valence-corrected chi connectivity index (χ1v) is 6.23. The molecular formula is C14H10ClFN4. The third kappa shape index (κ3) is 2.35. The van der Waals surface area contributed by atoms with Gasteiger partial charge in [-0.2, -0.15) is 0 Å². The van der Waals surface area contributed by atoms with Crippen LogP contribution in [0.4, 0.5) is 21.6 Å². The number of hydrogen-bond donors (Lipinski definition) is 2. The minimum Gasteiger partial charge on any atom is -0.399 e. The van der Waals surface area contributed by atoms with Gasteiger partial charge in [0.25, 0.3) is 0 Å².